The summed E-state index contributed by atoms with van der Waals surface area (Å²) in [7, 11) is 1.53. The van der Waals surface area contributed by atoms with Gasteiger partial charge >= 0.3 is 0 Å². The average Bonchev–Trinajstić information content (AvgIpc) is 2.66. The van der Waals surface area contributed by atoms with Gasteiger partial charge in [0, 0.05) is 7.05 Å². The Morgan fingerprint density at radius 2 is 1.81 bits per heavy atom. The van der Waals surface area contributed by atoms with Crippen molar-refractivity contribution < 1.29 is 23.1 Å². The first-order valence-electron chi connectivity index (χ1n) is 8.03. The lowest BCUT2D eigenvalue weighted by molar-refractivity contribution is -0.133. The maximum absolute atomic E-state index is 13.3. The van der Waals surface area contributed by atoms with Gasteiger partial charge in [-0.25, -0.2) is 8.78 Å². The van der Waals surface area contributed by atoms with Crippen LogP contribution in [0.1, 0.15) is 18.5 Å². The number of amides is 2. The molecule has 0 aliphatic carbocycles. The summed E-state index contributed by atoms with van der Waals surface area (Å²) in [5.41, 5.74) is 0.457. The molecular formula is C19H20F2N2O3. The van der Waals surface area contributed by atoms with Crippen molar-refractivity contribution in [2.75, 3.05) is 20.2 Å². The minimum absolute atomic E-state index is 0.209. The minimum Gasteiger partial charge on any atom is -0.484 e. The SMILES string of the molecule is CC(c1ccc(F)c(F)c1)N(C)C(=O)CNC(=O)COc1ccccc1. The molecule has 0 bridgehead atoms. The van der Waals surface area contributed by atoms with Crippen LogP contribution in [0.2, 0.25) is 0 Å². The van der Waals surface area contributed by atoms with Crippen LogP contribution in [0.15, 0.2) is 48.5 Å². The standard InChI is InChI=1S/C19H20F2N2O3/c1-13(14-8-9-16(20)17(21)10-14)23(2)19(25)11-22-18(24)12-26-15-6-4-3-5-7-15/h3-10,13H,11-12H2,1-2H3,(H,22,24). The zero-order valence-corrected chi connectivity index (χ0v) is 14.5. The summed E-state index contributed by atoms with van der Waals surface area (Å²) in [5.74, 6) is -2.16. The highest BCUT2D eigenvalue weighted by molar-refractivity contribution is 5.85. The lowest BCUT2D eigenvalue weighted by Gasteiger charge is -2.25. The first-order valence-corrected chi connectivity index (χ1v) is 8.03. The molecule has 1 N–H and O–H groups in total. The summed E-state index contributed by atoms with van der Waals surface area (Å²) in [4.78, 5) is 25.3. The Bertz CT molecular complexity index is 769. The van der Waals surface area contributed by atoms with Gasteiger partial charge in [-0.15, -0.1) is 0 Å². The van der Waals surface area contributed by atoms with Crippen LogP contribution in [-0.2, 0) is 9.59 Å². The molecule has 5 nitrogen and oxygen atoms in total. The number of rotatable bonds is 7. The maximum Gasteiger partial charge on any atom is 0.258 e. The fourth-order valence-corrected chi connectivity index (χ4v) is 2.23. The van der Waals surface area contributed by atoms with E-state index in [1.165, 1.54) is 18.0 Å². The van der Waals surface area contributed by atoms with Gasteiger partial charge in [0.1, 0.15) is 5.75 Å². The van der Waals surface area contributed by atoms with Crippen molar-refractivity contribution in [1.82, 2.24) is 10.2 Å². The van der Waals surface area contributed by atoms with Crippen molar-refractivity contribution in [3.05, 3.63) is 65.7 Å². The highest BCUT2D eigenvalue weighted by atomic mass is 19.2. The molecule has 0 saturated heterocycles. The largest absolute Gasteiger partial charge is 0.484 e. The second-order valence-corrected chi connectivity index (χ2v) is 5.73. The zero-order valence-electron chi connectivity index (χ0n) is 14.5. The van der Waals surface area contributed by atoms with Gasteiger partial charge in [0.05, 0.1) is 12.6 Å². The molecule has 0 fully saturated rings. The van der Waals surface area contributed by atoms with Gasteiger partial charge in [-0.3, -0.25) is 9.59 Å². The molecule has 2 amide bonds. The fraction of sp³-hybridized carbons (Fsp3) is 0.263. The van der Waals surface area contributed by atoms with Gasteiger partial charge in [-0.1, -0.05) is 24.3 Å². The smallest absolute Gasteiger partial charge is 0.258 e. The summed E-state index contributed by atoms with van der Waals surface area (Å²) in [6, 6.07) is 11.8. The van der Waals surface area contributed by atoms with E-state index in [-0.39, 0.29) is 19.1 Å². The summed E-state index contributed by atoms with van der Waals surface area (Å²) >= 11 is 0. The molecule has 1 unspecified atom stereocenters. The van der Waals surface area contributed by atoms with Crippen LogP contribution >= 0.6 is 0 Å². The number of nitrogens with one attached hydrogen (secondary N) is 1. The second-order valence-electron chi connectivity index (χ2n) is 5.73. The third kappa shape index (κ3) is 5.27. The third-order valence-electron chi connectivity index (χ3n) is 3.95. The first kappa shape index (κ1) is 19.4. The molecule has 0 aliphatic heterocycles. The Balaban J connectivity index is 1.82. The first-order chi connectivity index (χ1) is 12.4. The van der Waals surface area contributed by atoms with Gasteiger partial charge < -0.3 is 15.0 Å². The molecule has 7 heteroatoms. The van der Waals surface area contributed by atoms with E-state index < -0.39 is 23.6 Å². The Morgan fingerprint density at radius 3 is 2.46 bits per heavy atom. The second kappa shape index (κ2) is 8.94. The minimum atomic E-state index is -0.971. The summed E-state index contributed by atoms with van der Waals surface area (Å²) in [5, 5.41) is 2.47. The van der Waals surface area contributed by atoms with Crippen LogP contribution in [0.3, 0.4) is 0 Å². The number of carbonyl (C=O) groups excluding carboxylic acids is 2. The Labute approximate surface area is 150 Å². The number of ether oxygens (including phenoxy) is 1. The van der Waals surface area contributed by atoms with E-state index in [4.69, 9.17) is 4.74 Å². The maximum atomic E-state index is 13.3. The van der Waals surface area contributed by atoms with Crippen molar-refractivity contribution >= 4 is 11.8 Å². The molecule has 138 valence electrons. The molecule has 2 aromatic rings. The van der Waals surface area contributed by atoms with E-state index in [1.54, 1.807) is 31.2 Å². The molecule has 0 aliphatic rings. The normalized spacial score (nSPS) is 11.5. The van der Waals surface area contributed by atoms with Crippen LogP contribution in [0.25, 0.3) is 0 Å². The molecule has 0 aromatic heterocycles. The number of halogens is 2. The molecule has 0 saturated carbocycles. The van der Waals surface area contributed by atoms with Gasteiger partial charge in [-0.05, 0) is 36.8 Å². The van der Waals surface area contributed by atoms with Crippen LogP contribution in [-0.4, -0.2) is 36.9 Å². The lowest BCUT2D eigenvalue weighted by Crippen LogP contribution is -2.40. The van der Waals surface area contributed by atoms with Crippen LogP contribution in [0, 0.1) is 11.6 Å². The van der Waals surface area contributed by atoms with Crippen molar-refractivity contribution in [2.24, 2.45) is 0 Å². The van der Waals surface area contributed by atoms with E-state index in [1.807, 2.05) is 6.07 Å². The number of likely N-dealkylation sites (N-methyl/N-ethyl adjacent to an activating group) is 1. The monoisotopic (exact) mass is 362 g/mol. The number of hydrogen-bond donors (Lipinski definition) is 1. The van der Waals surface area contributed by atoms with Crippen molar-refractivity contribution in [1.29, 1.82) is 0 Å². The predicted molar refractivity (Wildman–Crippen MR) is 92.5 cm³/mol. The predicted octanol–water partition coefficient (Wildman–Crippen LogP) is 2.68. The number of carbonyl (C=O) groups is 2. The van der Waals surface area contributed by atoms with Crippen molar-refractivity contribution in [3.8, 4) is 5.75 Å². The van der Waals surface area contributed by atoms with Crippen LogP contribution < -0.4 is 10.1 Å². The highest BCUT2D eigenvalue weighted by Crippen LogP contribution is 2.20. The molecule has 0 radical (unpaired) electrons. The molecule has 1 atom stereocenters. The number of hydrogen-bond acceptors (Lipinski definition) is 3. The highest BCUT2D eigenvalue weighted by Gasteiger charge is 2.19. The van der Waals surface area contributed by atoms with Crippen LogP contribution in [0.4, 0.5) is 8.78 Å². The Morgan fingerprint density at radius 1 is 1.12 bits per heavy atom. The van der Waals surface area contributed by atoms with Gasteiger partial charge in [0.2, 0.25) is 5.91 Å². The summed E-state index contributed by atoms with van der Waals surface area (Å²) in [6.07, 6.45) is 0. The molecule has 2 rings (SSSR count). The molecular weight excluding hydrogens is 342 g/mol. The number of nitrogens with zero attached hydrogens (tertiary/aromatic N) is 1. The molecule has 0 heterocycles. The van der Waals surface area contributed by atoms with Gasteiger partial charge in [0.15, 0.2) is 18.2 Å². The third-order valence-corrected chi connectivity index (χ3v) is 3.95. The molecule has 0 spiro atoms. The average molecular weight is 362 g/mol. The van der Waals surface area contributed by atoms with E-state index in [9.17, 15) is 18.4 Å². The Hall–Kier alpha value is -2.96. The van der Waals surface area contributed by atoms with Gasteiger partial charge in [-0.2, -0.15) is 0 Å². The summed E-state index contributed by atoms with van der Waals surface area (Å²) in [6.45, 7) is 1.26. The topological polar surface area (TPSA) is 58.6 Å². The fourth-order valence-electron chi connectivity index (χ4n) is 2.23. The quantitative estimate of drug-likeness (QED) is 0.824. The number of benzene rings is 2. The van der Waals surface area contributed by atoms with Crippen LogP contribution in [0.5, 0.6) is 5.75 Å². The molecule has 2 aromatic carbocycles. The zero-order chi connectivity index (χ0) is 19.1. The number of para-hydroxylation sites is 1. The van der Waals surface area contributed by atoms with E-state index in [0.29, 0.717) is 11.3 Å². The van der Waals surface area contributed by atoms with Crippen molar-refractivity contribution in [2.45, 2.75) is 13.0 Å². The Kier molecular flexibility index (Phi) is 6.66. The van der Waals surface area contributed by atoms with Crippen molar-refractivity contribution in [3.63, 3.8) is 0 Å². The van der Waals surface area contributed by atoms with E-state index >= 15 is 0 Å². The molecule has 26 heavy (non-hydrogen) atoms. The van der Waals surface area contributed by atoms with Gasteiger partial charge in [0.25, 0.3) is 5.91 Å². The summed E-state index contributed by atoms with van der Waals surface area (Å²) < 4.78 is 31.6. The van der Waals surface area contributed by atoms with E-state index in [0.717, 1.165) is 12.1 Å². The lowest BCUT2D eigenvalue weighted by atomic mass is 10.1. The van der Waals surface area contributed by atoms with E-state index in [2.05, 4.69) is 5.32 Å².